The summed E-state index contributed by atoms with van der Waals surface area (Å²) in [6, 6.07) is 5.30. The van der Waals surface area contributed by atoms with Gasteiger partial charge < -0.3 is 0 Å². The van der Waals surface area contributed by atoms with E-state index in [-0.39, 0.29) is 5.75 Å². The minimum absolute atomic E-state index is 0.160. The molecule has 0 unspecified atom stereocenters. The van der Waals surface area contributed by atoms with E-state index in [9.17, 15) is 8.42 Å². The first-order valence-electron chi connectivity index (χ1n) is 3.33. The molecule has 0 aliphatic carbocycles. The molecule has 3 nitrogen and oxygen atoms in total. The van der Waals surface area contributed by atoms with Crippen LogP contribution < -0.4 is 5.14 Å². The van der Waals surface area contributed by atoms with Gasteiger partial charge in [0.05, 0.1) is 5.75 Å². The highest BCUT2D eigenvalue weighted by Gasteiger charge is 2.08. The molecule has 0 heterocycles. The smallest absolute Gasteiger partial charge is 0.213 e. The molecule has 0 saturated heterocycles. The lowest BCUT2D eigenvalue weighted by atomic mass is 10.2. The van der Waals surface area contributed by atoms with Crippen LogP contribution in [-0.4, -0.2) is 8.42 Å². The standard InChI is InChI=1S/C7H7Br2NO2S/c8-6-1-2-7(9)5(3-6)4-13(10,11)12/h1-3H,4H2,(H2,10,11,12). The average Bonchev–Trinajstić information content (AvgIpc) is 1.94. The van der Waals surface area contributed by atoms with Crippen LogP contribution in [0.2, 0.25) is 0 Å². The van der Waals surface area contributed by atoms with E-state index in [4.69, 9.17) is 5.14 Å². The van der Waals surface area contributed by atoms with Gasteiger partial charge in [-0.05, 0) is 23.8 Å². The molecule has 13 heavy (non-hydrogen) atoms. The minimum Gasteiger partial charge on any atom is -0.228 e. The maximum Gasteiger partial charge on any atom is 0.213 e. The van der Waals surface area contributed by atoms with Crippen molar-refractivity contribution in [3.63, 3.8) is 0 Å². The van der Waals surface area contributed by atoms with Crippen molar-refractivity contribution in [2.45, 2.75) is 5.75 Å². The van der Waals surface area contributed by atoms with Gasteiger partial charge in [-0.3, -0.25) is 0 Å². The molecule has 0 fully saturated rings. The van der Waals surface area contributed by atoms with Gasteiger partial charge >= 0.3 is 0 Å². The molecule has 2 N–H and O–H groups in total. The summed E-state index contributed by atoms with van der Waals surface area (Å²) in [5, 5.41) is 4.92. The highest BCUT2D eigenvalue weighted by Crippen LogP contribution is 2.22. The molecular formula is C7H7Br2NO2S. The lowest BCUT2D eigenvalue weighted by molar-refractivity contribution is 0.597. The fraction of sp³-hybridized carbons (Fsp3) is 0.143. The summed E-state index contributed by atoms with van der Waals surface area (Å²) < 4.78 is 23.2. The molecule has 1 rings (SSSR count). The first-order valence-corrected chi connectivity index (χ1v) is 6.63. The first kappa shape index (κ1) is 11.2. The van der Waals surface area contributed by atoms with Gasteiger partial charge in [0.25, 0.3) is 0 Å². The molecule has 0 aliphatic heterocycles. The monoisotopic (exact) mass is 327 g/mol. The highest BCUT2D eigenvalue weighted by atomic mass is 79.9. The van der Waals surface area contributed by atoms with Gasteiger partial charge in [-0.1, -0.05) is 31.9 Å². The minimum atomic E-state index is -3.47. The Kier molecular flexibility index (Phi) is 3.50. The molecule has 0 radical (unpaired) electrons. The number of hydrogen-bond acceptors (Lipinski definition) is 2. The fourth-order valence-electron chi connectivity index (χ4n) is 0.871. The average molecular weight is 329 g/mol. The van der Waals surface area contributed by atoms with Crippen LogP contribution in [0.3, 0.4) is 0 Å². The SMILES string of the molecule is NS(=O)(=O)Cc1cc(Br)ccc1Br. The van der Waals surface area contributed by atoms with Gasteiger partial charge in [-0.25, -0.2) is 13.6 Å². The van der Waals surface area contributed by atoms with E-state index in [1.165, 1.54) is 0 Å². The summed E-state index contributed by atoms with van der Waals surface area (Å²) >= 11 is 6.49. The van der Waals surface area contributed by atoms with E-state index in [2.05, 4.69) is 31.9 Å². The molecule has 1 aromatic carbocycles. The maximum absolute atomic E-state index is 10.8. The van der Waals surface area contributed by atoms with Crippen LogP contribution in [0.4, 0.5) is 0 Å². The third kappa shape index (κ3) is 3.76. The first-order chi connectivity index (χ1) is 5.88. The van der Waals surface area contributed by atoms with Gasteiger partial charge in [-0.15, -0.1) is 0 Å². The van der Waals surface area contributed by atoms with E-state index in [1.54, 1.807) is 12.1 Å². The summed E-state index contributed by atoms with van der Waals surface area (Å²) in [4.78, 5) is 0. The number of benzene rings is 1. The van der Waals surface area contributed by atoms with Crippen molar-refractivity contribution in [3.8, 4) is 0 Å². The van der Waals surface area contributed by atoms with E-state index < -0.39 is 10.0 Å². The van der Waals surface area contributed by atoms with Crippen molar-refractivity contribution in [1.29, 1.82) is 0 Å². The Bertz CT molecular complexity index is 417. The zero-order valence-electron chi connectivity index (χ0n) is 6.50. The maximum atomic E-state index is 10.8. The molecule has 0 spiro atoms. The second-order valence-corrected chi connectivity index (χ2v) is 5.93. The summed E-state index contributed by atoms with van der Waals surface area (Å²) in [6.45, 7) is 0. The number of rotatable bonds is 2. The van der Waals surface area contributed by atoms with Gasteiger partial charge in [0, 0.05) is 8.95 Å². The van der Waals surface area contributed by atoms with Crippen LogP contribution in [0, 0.1) is 0 Å². The Labute approximate surface area is 93.6 Å². The Hall–Kier alpha value is 0.0900. The number of halogens is 2. The molecule has 6 heteroatoms. The lowest BCUT2D eigenvalue weighted by Gasteiger charge is -2.02. The molecular weight excluding hydrogens is 322 g/mol. The topological polar surface area (TPSA) is 60.2 Å². The Morgan fingerprint density at radius 3 is 2.46 bits per heavy atom. The third-order valence-corrected chi connectivity index (χ3v) is 3.34. The molecule has 0 amide bonds. The Morgan fingerprint density at radius 1 is 1.31 bits per heavy atom. The summed E-state index contributed by atoms with van der Waals surface area (Å²) in [5.41, 5.74) is 0.650. The van der Waals surface area contributed by atoms with Gasteiger partial charge in [0.15, 0.2) is 0 Å². The van der Waals surface area contributed by atoms with Crippen molar-refractivity contribution < 1.29 is 8.42 Å². The summed E-state index contributed by atoms with van der Waals surface area (Å²) in [6.07, 6.45) is 0. The molecule has 0 bridgehead atoms. The third-order valence-electron chi connectivity index (χ3n) is 1.36. The molecule has 0 saturated carbocycles. The zero-order valence-corrected chi connectivity index (χ0v) is 10.5. The number of hydrogen-bond donors (Lipinski definition) is 1. The Morgan fingerprint density at radius 2 is 1.92 bits per heavy atom. The van der Waals surface area contributed by atoms with E-state index in [1.807, 2.05) is 6.07 Å². The molecule has 0 aliphatic rings. The second kappa shape index (κ2) is 4.08. The molecule has 0 aromatic heterocycles. The molecule has 72 valence electrons. The Balaban J connectivity index is 3.08. The van der Waals surface area contributed by atoms with Crippen LogP contribution in [0.1, 0.15) is 5.56 Å². The van der Waals surface area contributed by atoms with Crippen molar-refractivity contribution >= 4 is 41.9 Å². The van der Waals surface area contributed by atoms with E-state index >= 15 is 0 Å². The van der Waals surface area contributed by atoms with Crippen molar-refractivity contribution in [2.24, 2.45) is 5.14 Å². The van der Waals surface area contributed by atoms with Gasteiger partial charge in [-0.2, -0.15) is 0 Å². The molecule has 1 aromatic rings. The number of primary sulfonamides is 1. The summed E-state index contributed by atoms with van der Waals surface area (Å²) in [5.74, 6) is -0.160. The van der Waals surface area contributed by atoms with Gasteiger partial charge in [0.1, 0.15) is 0 Å². The second-order valence-electron chi connectivity index (χ2n) is 2.54. The van der Waals surface area contributed by atoms with Crippen LogP contribution >= 0.6 is 31.9 Å². The van der Waals surface area contributed by atoms with Crippen molar-refractivity contribution in [1.82, 2.24) is 0 Å². The largest absolute Gasteiger partial charge is 0.228 e. The van der Waals surface area contributed by atoms with E-state index in [0.717, 1.165) is 8.95 Å². The predicted octanol–water partition coefficient (Wildman–Crippen LogP) is 2.00. The van der Waals surface area contributed by atoms with Crippen molar-refractivity contribution in [2.75, 3.05) is 0 Å². The predicted molar refractivity (Wildman–Crippen MR) is 58.7 cm³/mol. The van der Waals surface area contributed by atoms with Crippen LogP contribution in [0.5, 0.6) is 0 Å². The number of nitrogens with two attached hydrogens (primary N) is 1. The van der Waals surface area contributed by atoms with Gasteiger partial charge in [0.2, 0.25) is 10.0 Å². The quantitative estimate of drug-likeness (QED) is 0.902. The fourth-order valence-corrected chi connectivity index (χ4v) is 2.52. The van der Waals surface area contributed by atoms with Crippen molar-refractivity contribution in [3.05, 3.63) is 32.7 Å². The van der Waals surface area contributed by atoms with Crippen LogP contribution in [0.15, 0.2) is 27.1 Å². The summed E-state index contributed by atoms with van der Waals surface area (Å²) in [7, 11) is -3.47. The highest BCUT2D eigenvalue weighted by molar-refractivity contribution is 9.11. The zero-order chi connectivity index (χ0) is 10.1. The van der Waals surface area contributed by atoms with E-state index in [0.29, 0.717) is 5.56 Å². The normalized spacial score (nSPS) is 11.6. The molecule has 0 atom stereocenters. The number of sulfonamides is 1. The lowest BCUT2D eigenvalue weighted by Crippen LogP contribution is -2.14. The van der Waals surface area contributed by atoms with Crippen LogP contribution in [-0.2, 0) is 15.8 Å². The van der Waals surface area contributed by atoms with Crippen LogP contribution in [0.25, 0.3) is 0 Å².